The fraction of sp³-hybridized carbons (Fsp3) is 0.438. The van der Waals surface area contributed by atoms with Gasteiger partial charge in [0.1, 0.15) is 11.8 Å². The van der Waals surface area contributed by atoms with Gasteiger partial charge < -0.3 is 14.3 Å². The third-order valence-electron chi connectivity index (χ3n) is 3.16. The van der Waals surface area contributed by atoms with Crippen molar-refractivity contribution >= 4 is 5.97 Å². The average molecular weight is 319 g/mol. The van der Waals surface area contributed by atoms with Crippen LogP contribution < -0.4 is 5.32 Å². The Morgan fingerprint density at radius 3 is 2.78 bits per heavy atom. The number of hydrogen-bond donors (Lipinski definition) is 2. The summed E-state index contributed by atoms with van der Waals surface area (Å²) in [5, 5.41) is 20.5. The Morgan fingerprint density at radius 2 is 2.17 bits per heavy atom. The first kappa shape index (κ1) is 17.0. The Labute approximate surface area is 134 Å². The molecule has 124 valence electrons. The van der Waals surface area contributed by atoms with Gasteiger partial charge >= 0.3 is 5.97 Å². The molecule has 2 N–H and O–H groups in total. The maximum Gasteiger partial charge on any atom is 0.327 e. The summed E-state index contributed by atoms with van der Waals surface area (Å²) in [6.07, 6.45) is 0. The van der Waals surface area contributed by atoms with E-state index in [9.17, 15) is 9.90 Å². The van der Waals surface area contributed by atoms with Crippen LogP contribution in [0.2, 0.25) is 0 Å². The number of aromatic nitrogens is 2. The van der Waals surface area contributed by atoms with Gasteiger partial charge in [0.05, 0.1) is 13.2 Å². The summed E-state index contributed by atoms with van der Waals surface area (Å²) in [6, 6.07) is 5.74. The van der Waals surface area contributed by atoms with Gasteiger partial charge in [0, 0.05) is 5.92 Å². The third kappa shape index (κ3) is 4.53. The van der Waals surface area contributed by atoms with Crippen molar-refractivity contribution in [2.24, 2.45) is 0 Å². The lowest BCUT2D eigenvalue weighted by Crippen LogP contribution is -2.30. The van der Waals surface area contributed by atoms with Gasteiger partial charge in [0.15, 0.2) is 0 Å². The number of rotatable bonds is 7. The number of carbonyl (C=O) groups is 1. The smallest absolute Gasteiger partial charge is 0.327 e. The van der Waals surface area contributed by atoms with Gasteiger partial charge in [-0.1, -0.05) is 26.0 Å². The van der Waals surface area contributed by atoms with Gasteiger partial charge in [0.2, 0.25) is 11.8 Å². The van der Waals surface area contributed by atoms with E-state index in [1.165, 1.54) is 6.07 Å². The highest BCUT2D eigenvalue weighted by Crippen LogP contribution is 2.20. The van der Waals surface area contributed by atoms with E-state index in [4.69, 9.17) is 9.15 Å². The topological polar surface area (TPSA) is 97.5 Å². The van der Waals surface area contributed by atoms with Crippen LogP contribution in [0.15, 0.2) is 28.7 Å². The number of nitrogens with zero attached hydrogens (tertiary/aromatic N) is 2. The van der Waals surface area contributed by atoms with Gasteiger partial charge in [-0.15, -0.1) is 10.2 Å². The molecule has 0 fully saturated rings. The Balaban J connectivity index is 2.12. The predicted octanol–water partition coefficient (Wildman–Crippen LogP) is 2.29. The number of ether oxygens (including phenoxy) is 1. The highest BCUT2D eigenvalue weighted by molar-refractivity contribution is 5.77. The summed E-state index contributed by atoms with van der Waals surface area (Å²) in [5.74, 6) is 0.735. The van der Waals surface area contributed by atoms with Gasteiger partial charge in [0.25, 0.3) is 0 Å². The molecular weight excluding hydrogens is 298 g/mol. The van der Waals surface area contributed by atoms with Crippen molar-refractivity contribution in [3.8, 4) is 5.75 Å². The number of aromatic hydroxyl groups is 1. The Kier molecular flexibility index (Phi) is 5.70. The molecule has 2 rings (SSSR count). The van der Waals surface area contributed by atoms with Crippen LogP contribution in [0.1, 0.15) is 50.1 Å². The molecule has 23 heavy (non-hydrogen) atoms. The lowest BCUT2D eigenvalue weighted by Gasteiger charge is -2.16. The van der Waals surface area contributed by atoms with E-state index in [1.807, 2.05) is 13.8 Å². The number of carbonyl (C=O) groups excluding carboxylic acids is 1. The average Bonchev–Trinajstić information content (AvgIpc) is 2.97. The SMILES string of the molecule is CCOC(=O)C(NCc1nnc(C(C)C)o1)c1cccc(O)c1. The molecule has 1 unspecified atom stereocenters. The first-order chi connectivity index (χ1) is 11.0. The standard InChI is InChI=1S/C16H21N3O4/c1-4-22-16(21)14(11-6-5-7-12(20)8-11)17-9-13-18-19-15(23-13)10(2)3/h5-8,10,14,17,20H,4,9H2,1-3H3. The van der Waals surface area contributed by atoms with Crippen molar-refractivity contribution in [2.75, 3.05) is 6.61 Å². The molecular formula is C16H21N3O4. The Hall–Kier alpha value is -2.41. The van der Waals surface area contributed by atoms with Crippen LogP contribution in [-0.2, 0) is 16.1 Å². The van der Waals surface area contributed by atoms with Crippen molar-refractivity contribution in [3.05, 3.63) is 41.6 Å². The molecule has 7 nitrogen and oxygen atoms in total. The number of hydrogen-bond acceptors (Lipinski definition) is 7. The van der Waals surface area contributed by atoms with E-state index in [0.29, 0.717) is 17.3 Å². The fourth-order valence-electron chi connectivity index (χ4n) is 2.03. The van der Waals surface area contributed by atoms with Crippen LogP contribution >= 0.6 is 0 Å². The highest BCUT2D eigenvalue weighted by atomic mass is 16.5. The molecule has 0 saturated heterocycles. The third-order valence-corrected chi connectivity index (χ3v) is 3.16. The summed E-state index contributed by atoms with van der Waals surface area (Å²) in [4.78, 5) is 12.2. The van der Waals surface area contributed by atoms with Crippen molar-refractivity contribution < 1.29 is 19.1 Å². The molecule has 0 aliphatic rings. The molecule has 1 aromatic carbocycles. The normalized spacial score (nSPS) is 12.3. The lowest BCUT2D eigenvalue weighted by atomic mass is 10.1. The second kappa shape index (κ2) is 7.73. The van der Waals surface area contributed by atoms with E-state index in [1.54, 1.807) is 25.1 Å². The number of benzene rings is 1. The molecule has 2 aromatic rings. The van der Waals surface area contributed by atoms with Gasteiger partial charge in [-0.25, -0.2) is 4.79 Å². The van der Waals surface area contributed by atoms with E-state index < -0.39 is 12.0 Å². The summed E-state index contributed by atoms with van der Waals surface area (Å²) in [5.41, 5.74) is 0.604. The van der Waals surface area contributed by atoms with Gasteiger partial charge in [-0.3, -0.25) is 5.32 Å². The van der Waals surface area contributed by atoms with Gasteiger partial charge in [-0.05, 0) is 24.6 Å². The fourth-order valence-corrected chi connectivity index (χ4v) is 2.03. The lowest BCUT2D eigenvalue weighted by molar-refractivity contribution is -0.145. The number of esters is 1. The summed E-state index contributed by atoms with van der Waals surface area (Å²) in [7, 11) is 0. The molecule has 1 aromatic heterocycles. The minimum Gasteiger partial charge on any atom is -0.508 e. The summed E-state index contributed by atoms with van der Waals surface area (Å²) < 4.78 is 10.6. The quantitative estimate of drug-likeness (QED) is 0.756. The van der Waals surface area contributed by atoms with E-state index in [0.717, 1.165) is 0 Å². The van der Waals surface area contributed by atoms with Crippen LogP contribution in [0.4, 0.5) is 0 Å². The monoisotopic (exact) mass is 319 g/mol. The highest BCUT2D eigenvalue weighted by Gasteiger charge is 2.23. The van der Waals surface area contributed by atoms with Crippen LogP contribution in [0.5, 0.6) is 5.75 Å². The molecule has 0 aliphatic carbocycles. The zero-order chi connectivity index (χ0) is 16.8. The summed E-state index contributed by atoms with van der Waals surface area (Å²) >= 11 is 0. The Morgan fingerprint density at radius 1 is 1.39 bits per heavy atom. The molecule has 7 heteroatoms. The predicted molar refractivity (Wildman–Crippen MR) is 82.7 cm³/mol. The van der Waals surface area contributed by atoms with E-state index in [2.05, 4.69) is 15.5 Å². The Bertz CT molecular complexity index is 654. The van der Waals surface area contributed by atoms with Crippen LogP contribution in [0.25, 0.3) is 0 Å². The molecule has 0 bridgehead atoms. The van der Waals surface area contributed by atoms with Crippen molar-refractivity contribution in [2.45, 2.75) is 39.3 Å². The van der Waals surface area contributed by atoms with Crippen LogP contribution in [-0.4, -0.2) is 27.9 Å². The number of phenols is 1. The van der Waals surface area contributed by atoms with Crippen molar-refractivity contribution in [1.29, 1.82) is 0 Å². The maximum atomic E-state index is 12.2. The molecule has 1 heterocycles. The largest absolute Gasteiger partial charge is 0.508 e. The van der Waals surface area contributed by atoms with Crippen molar-refractivity contribution in [1.82, 2.24) is 15.5 Å². The molecule has 0 aliphatic heterocycles. The first-order valence-corrected chi connectivity index (χ1v) is 7.52. The second-order valence-electron chi connectivity index (χ2n) is 5.35. The first-order valence-electron chi connectivity index (χ1n) is 7.52. The number of phenolic OH excluding ortho intramolecular Hbond substituents is 1. The zero-order valence-corrected chi connectivity index (χ0v) is 13.4. The van der Waals surface area contributed by atoms with Crippen molar-refractivity contribution in [3.63, 3.8) is 0 Å². The molecule has 0 spiro atoms. The minimum absolute atomic E-state index is 0.0819. The van der Waals surface area contributed by atoms with E-state index in [-0.39, 0.29) is 24.8 Å². The van der Waals surface area contributed by atoms with E-state index >= 15 is 0 Å². The molecule has 0 amide bonds. The summed E-state index contributed by atoms with van der Waals surface area (Å²) in [6.45, 7) is 6.15. The minimum atomic E-state index is -0.726. The number of nitrogens with one attached hydrogen (secondary N) is 1. The van der Waals surface area contributed by atoms with Gasteiger partial charge in [-0.2, -0.15) is 0 Å². The zero-order valence-electron chi connectivity index (χ0n) is 13.4. The maximum absolute atomic E-state index is 12.2. The van der Waals surface area contributed by atoms with Crippen LogP contribution in [0, 0.1) is 0 Å². The molecule has 0 saturated carbocycles. The molecule has 0 radical (unpaired) electrons. The second-order valence-corrected chi connectivity index (χ2v) is 5.35. The van der Waals surface area contributed by atoms with Crippen LogP contribution in [0.3, 0.4) is 0 Å². The molecule has 1 atom stereocenters.